The summed E-state index contributed by atoms with van der Waals surface area (Å²) in [5, 5.41) is 13.7. The molecular formula is C16H23Cl2NO4. The molecule has 1 aromatic rings. The van der Waals surface area contributed by atoms with Gasteiger partial charge in [0.2, 0.25) is 0 Å². The molecule has 7 heteroatoms. The van der Waals surface area contributed by atoms with Crippen LogP contribution in [0.25, 0.3) is 0 Å². The topological polar surface area (TPSA) is 60.3 Å². The number of oxime groups is 1. The third kappa shape index (κ3) is 8.89. The molecule has 0 heterocycles. The van der Waals surface area contributed by atoms with Crippen LogP contribution in [0.15, 0.2) is 17.3 Å². The Kier molecular flexibility index (Phi) is 8.52. The quantitative estimate of drug-likeness (QED) is 0.393. The average Bonchev–Trinajstić information content (AvgIpc) is 2.41. The van der Waals surface area contributed by atoms with Crippen molar-refractivity contribution < 1.29 is 19.4 Å². The minimum absolute atomic E-state index is 0.0119. The van der Waals surface area contributed by atoms with Gasteiger partial charge in [0.25, 0.3) is 0 Å². The fourth-order valence-electron chi connectivity index (χ4n) is 1.53. The molecule has 1 aromatic carbocycles. The number of unbranched alkanes of at least 4 members (excludes halogenated alkanes) is 1. The van der Waals surface area contributed by atoms with E-state index in [2.05, 4.69) is 5.16 Å². The van der Waals surface area contributed by atoms with Crippen LogP contribution in [-0.2, 0) is 9.57 Å². The molecule has 1 rings (SSSR count). The lowest BCUT2D eigenvalue weighted by atomic mass is 10.2. The lowest BCUT2D eigenvalue weighted by Gasteiger charge is -2.14. The van der Waals surface area contributed by atoms with Crippen LogP contribution in [0.1, 0.15) is 33.6 Å². The number of ether oxygens (including phenoxy) is 2. The second-order valence-electron chi connectivity index (χ2n) is 5.86. The Hall–Kier alpha value is -1.17. The summed E-state index contributed by atoms with van der Waals surface area (Å²) >= 11 is 11.9. The largest absolute Gasteiger partial charge is 0.508 e. The van der Waals surface area contributed by atoms with E-state index in [4.69, 9.17) is 37.5 Å². The van der Waals surface area contributed by atoms with Crippen molar-refractivity contribution in [2.45, 2.75) is 39.2 Å². The van der Waals surface area contributed by atoms with Gasteiger partial charge in [0.1, 0.15) is 11.4 Å². The highest BCUT2D eigenvalue weighted by molar-refractivity contribution is 6.37. The molecular weight excluding hydrogens is 341 g/mol. The van der Waals surface area contributed by atoms with Crippen molar-refractivity contribution in [2.75, 3.05) is 19.8 Å². The van der Waals surface area contributed by atoms with Crippen LogP contribution >= 0.6 is 23.2 Å². The minimum atomic E-state index is -0.287. The fourth-order valence-corrected chi connectivity index (χ4v) is 2.11. The summed E-state index contributed by atoms with van der Waals surface area (Å²) in [7, 11) is 0. The van der Waals surface area contributed by atoms with Gasteiger partial charge in [-0.25, -0.2) is 0 Å². The molecule has 0 unspecified atom stereocenters. The van der Waals surface area contributed by atoms with Gasteiger partial charge >= 0.3 is 0 Å². The highest BCUT2D eigenvalue weighted by atomic mass is 35.5. The Morgan fingerprint density at radius 1 is 1.13 bits per heavy atom. The van der Waals surface area contributed by atoms with Crippen LogP contribution in [0, 0.1) is 0 Å². The summed E-state index contributed by atoms with van der Waals surface area (Å²) in [6, 6.07) is 2.79. The molecule has 0 aliphatic carbocycles. The Bertz CT molecular complexity index is 492. The zero-order valence-corrected chi connectivity index (χ0v) is 15.2. The van der Waals surface area contributed by atoms with E-state index in [0.29, 0.717) is 35.6 Å². The first-order chi connectivity index (χ1) is 10.8. The van der Waals surface area contributed by atoms with Crippen molar-refractivity contribution in [1.29, 1.82) is 0 Å². The maximum absolute atomic E-state index is 9.33. The van der Waals surface area contributed by atoms with Gasteiger partial charge in [-0.05, 0) is 33.6 Å². The molecule has 23 heavy (non-hydrogen) atoms. The van der Waals surface area contributed by atoms with Gasteiger partial charge in [-0.15, -0.1) is 0 Å². The highest BCUT2D eigenvalue weighted by Crippen LogP contribution is 2.36. The van der Waals surface area contributed by atoms with Crippen LogP contribution < -0.4 is 4.74 Å². The number of phenolic OH excluding ortho intramolecular Hbond substituents is 1. The van der Waals surface area contributed by atoms with Crippen molar-refractivity contribution in [2.24, 2.45) is 5.16 Å². The Labute approximate surface area is 147 Å². The summed E-state index contributed by atoms with van der Waals surface area (Å²) in [6.07, 6.45) is 3.22. The number of rotatable bonds is 9. The Morgan fingerprint density at radius 2 is 1.74 bits per heavy atom. The van der Waals surface area contributed by atoms with Crippen molar-refractivity contribution in [3.8, 4) is 11.5 Å². The minimum Gasteiger partial charge on any atom is -0.508 e. The molecule has 0 saturated heterocycles. The Balaban J connectivity index is 2.10. The Morgan fingerprint density at radius 3 is 2.35 bits per heavy atom. The SMILES string of the molecule is CC(C)(C)ON=CCOCCCCOc1c(Cl)cc(O)cc1Cl. The number of halogens is 2. The summed E-state index contributed by atoms with van der Waals surface area (Å²) in [5.41, 5.74) is -0.287. The number of benzene rings is 1. The predicted octanol–water partition coefficient (Wildman–Crippen LogP) is 4.68. The molecule has 0 radical (unpaired) electrons. The maximum atomic E-state index is 9.33. The van der Waals surface area contributed by atoms with E-state index in [0.717, 1.165) is 12.8 Å². The van der Waals surface area contributed by atoms with Gasteiger partial charge in [0.05, 0.1) is 29.5 Å². The van der Waals surface area contributed by atoms with Crippen LogP contribution in [0.4, 0.5) is 0 Å². The van der Waals surface area contributed by atoms with Crippen molar-refractivity contribution >= 4 is 29.4 Å². The van der Waals surface area contributed by atoms with E-state index in [1.54, 1.807) is 6.21 Å². The number of phenols is 1. The van der Waals surface area contributed by atoms with Crippen molar-refractivity contribution in [3.05, 3.63) is 22.2 Å². The number of aromatic hydroxyl groups is 1. The van der Waals surface area contributed by atoms with E-state index in [9.17, 15) is 5.11 Å². The second-order valence-corrected chi connectivity index (χ2v) is 6.68. The van der Waals surface area contributed by atoms with Gasteiger partial charge in [-0.2, -0.15) is 0 Å². The molecule has 0 fully saturated rings. The van der Waals surface area contributed by atoms with Crippen LogP contribution in [0.2, 0.25) is 10.0 Å². The summed E-state index contributed by atoms with van der Waals surface area (Å²) in [6.45, 7) is 7.26. The first-order valence-corrected chi connectivity index (χ1v) is 8.14. The van der Waals surface area contributed by atoms with Crippen molar-refractivity contribution in [1.82, 2.24) is 0 Å². The van der Waals surface area contributed by atoms with Crippen LogP contribution in [0.3, 0.4) is 0 Å². The molecule has 0 saturated carbocycles. The molecule has 0 aliphatic rings. The lowest BCUT2D eigenvalue weighted by Crippen LogP contribution is -2.15. The maximum Gasteiger partial charge on any atom is 0.156 e. The summed E-state index contributed by atoms with van der Waals surface area (Å²) in [5.74, 6) is 0.399. The van der Waals surface area contributed by atoms with E-state index < -0.39 is 0 Å². The monoisotopic (exact) mass is 363 g/mol. The number of hydrogen-bond donors (Lipinski definition) is 1. The summed E-state index contributed by atoms with van der Waals surface area (Å²) < 4.78 is 10.9. The molecule has 5 nitrogen and oxygen atoms in total. The zero-order valence-electron chi connectivity index (χ0n) is 13.6. The number of nitrogens with zero attached hydrogens (tertiary/aromatic N) is 1. The average molecular weight is 364 g/mol. The lowest BCUT2D eigenvalue weighted by molar-refractivity contribution is 0.000659. The van der Waals surface area contributed by atoms with Crippen LogP contribution in [0.5, 0.6) is 11.5 Å². The van der Waals surface area contributed by atoms with Gasteiger partial charge in [0.15, 0.2) is 5.75 Å². The molecule has 0 aliphatic heterocycles. The van der Waals surface area contributed by atoms with Gasteiger partial charge in [-0.1, -0.05) is 28.4 Å². The van der Waals surface area contributed by atoms with E-state index in [-0.39, 0.29) is 11.4 Å². The summed E-state index contributed by atoms with van der Waals surface area (Å²) in [4.78, 5) is 5.18. The smallest absolute Gasteiger partial charge is 0.156 e. The normalized spacial score (nSPS) is 11.9. The van der Waals surface area contributed by atoms with Gasteiger partial charge in [0, 0.05) is 18.7 Å². The highest BCUT2D eigenvalue weighted by Gasteiger charge is 2.09. The number of hydrogen-bond acceptors (Lipinski definition) is 5. The van der Waals surface area contributed by atoms with E-state index >= 15 is 0 Å². The van der Waals surface area contributed by atoms with Gasteiger partial charge in [-0.3, -0.25) is 0 Å². The molecule has 130 valence electrons. The first kappa shape index (κ1) is 19.9. The van der Waals surface area contributed by atoms with E-state index in [1.165, 1.54) is 12.1 Å². The first-order valence-electron chi connectivity index (χ1n) is 7.38. The third-order valence-corrected chi connectivity index (χ3v) is 3.07. The van der Waals surface area contributed by atoms with Gasteiger partial charge < -0.3 is 19.4 Å². The molecule has 1 N–H and O–H groups in total. The molecule has 0 aromatic heterocycles. The standard InChI is InChI=1S/C16H23Cl2NO4/c1-16(2,3)23-19-6-9-21-7-4-5-8-22-15-13(17)10-12(20)11-14(15)18/h6,10-11,20H,4-5,7-9H2,1-3H3. The second kappa shape index (κ2) is 9.85. The zero-order chi connectivity index (χ0) is 17.3. The van der Waals surface area contributed by atoms with E-state index in [1.807, 2.05) is 20.8 Å². The predicted molar refractivity (Wildman–Crippen MR) is 93.0 cm³/mol. The fraction of sp³-hybridized carbons (Fsp3) is 0.562. The molecule has 0 spiro atoms. The van der Waals surface area contributed by atoms with Crippen LogP contribution in [-0.4, -0.2) is 36.7 Å². The van der Waals surface area contributed by atoms with Crippen molar-refractivity contribution in [3.63, 3.8) is 0 Å². The third-order valence-electron chi connectivity index (χ3n) is 2.51. The molecule has 0 bridgehead atoms. The molecule has 0 atom stereocenters. The molecule has 0 amide bonds.